The average Bonchev–Trinajstić information content (AvgIpc) is 3.05. The first-order valence-corrected chi connectivity index (χ1v) is 9.64. The van der Waals surface area contributed by atoms with E-state index < -0.39 is 5.91 Å². The van der Waals surface area contributed by atoms with Crippen LogP contribution in [-0.4, -0.2) is 22.5 Å². The number of nitrogens with one attached hydrogen (secondary N) is 1. The van der Waals surface area contributed by atoms with Crippen molar-refractivity contribution in [3.8, 4) is 0 Å². The van der Waals surface area contributed by atoms with E-state index in [0.717, 1.165) is 5.56 Å². The topological polar surface area (TPSA) is 74.7 Å². The van der Waals surface area contributed by atoms with E-state index in [9.17, 15) is 14.0 Å². The van der Waals surface area contributed by atoms with Crippen molar-refractivity contribution in [1.29, 1.82) is 0 Å². The van der Waals surface area contributed by atoms with Gasteiger partial charge in [-0.15, -0.1) is 0 Å². The average molecular weight is 417 g/mol. The second-order valence-electron chi connectivity index (χ2n) is 6.27. The number of hydrogen-bond acceptors (Lipinski definition) is 5. The maximum atomic E-state index is 13.3. The van der Waals surface area contributed by atoms with Gasteiger partial charge in [0.15, 0.2) is 5.13 Å². The first-order valence-electron chi connectivity index (χ1n) is 8.45. The fraction of sp³-hybridized carbons (Fsp3) is 0.158. The standard InChI is InChI=1S/C19H14ClFN4O2S/c1-10-2-4-12(9-13(10)20)25-17(26)7-6-15(24-25)18(27)23-19-22-14-5-3-11(21)8-16(14)28-19/h2-5,8-9H,6-7H2,1H3,(H,22,23,27). The number of nitrogens with zero attached hydrogens (tertiary/aromatic N) is 3. The Morgan fingerprint density at radius 3 is 2.86 bits per heavy atom. The molecule has 0 spiro atoms. The molecule has 0 atom stereocenters. The van der Waals surface area contributed by atoms with E-state index in [2.05, 4.69) is 15.4 Å². The van der Waals surface area contributed by atoms with Crippen LogP contribution in [0.25, 0.3) is 10.2 Å². The third-order valence-electron chi connectivity index (χ3n) is 4.27. The number of aryl methyl sites for hydroxylation is 1. The van der Waals surface area contributed by atoms with E-state index in [1.807, 2.05) is 6.92 Å². The van der Waals surface area contributed by atoms with Gasteiger partial charge in [0.05, 0.1) is 15.9 Å². The third-order valence-corrected chi connectivity index (χ3v) is 5.61. The summed E-state index contributed by atoms with van der Waals surface area (Å²) >= 11 is 7.31. The Kier molecular flexibility index (Phi) is 4.82. The molecule has 3 aromatic rings. The predicted octanol–water partition coefficient (Wildman–Crippen LogP) is 4.52. The number of hydrazone groups is 1. The Balaban J connectivity index is 1.58. The lowest BCUT2D eigenvalue weighted by atomic mass is 10.1. The monoisotopic (exact) mass is 416 g/mol. The Bertz CT molecular complexity index is 1140. The number of hydrogen-bond donors (Lipinski definition) is 1. The minimum absolute atomic E-state index is 0.156. The minimum Gasteiger partial charge on any atom is -0.297 e. The highest BCUT2D eigenvalue weighted by atomic mass is 35.5. The molecule has 2 aromatic carbocycles. The van der Waals surface area contributed by atoms with E-state index in [1.54, 1.807) is 24.3 Å². The molecule has 0 fully saturated rings. The molecule has 2 heterocycles. The number of thiazole rings is 1. The minimum atomic E-state index is -0.449. The van der Waals surface area contributed by atoms with Gasteiger partial charge in [0.1, 0.15) is 11.5 Å². The van der Waals surface area contributed by atoms with Crippen LogP contribution in [0.3, 0.4) is 0 Å². The molecule has 142 valence electrons. The Hall–Kier alpha value is -2.84. The molecule has 1 aliphatic rings. The fourth-order valence-electron chi connectivity index (χ4n) is 2.75. The van der Waals surface area contributed by atoms with E-state index in [-0.39, 0.29) is 30.3 Å². The summed E-state index contributed by atoms with van der Waals surface area (Å²) < 4.78 is 14.0. The van der Waals surface area contributed by atoms with Crippen LogP contribution in [0.4, 0.5) is 15.2 Å². The van der Waals surface area contributed by atoms with Gasteiger partial charge in [-0.25, -0.2) is 14.4 Å². The van der Waals surface area contributed by atoms with Crippen molar-refractivity contribution >= 4 is 61.5 Å². The van der Waals surface area contributed by atoms with Crippen molar-refractivity contribution < 1.29 is 14.0 Å². The van der Waals surface area contributed by atoms with Gasteiger partial charge in [0, 0.05) is 17.9 Å². The molecule has 9 heteroatoms. The lowest BCUT2D eigenvalue weighted by molar-refractivity contribution is -0.118. The summed E-state index contributed by atoms with van der Waals surface area (Å²) in [6.45, 7) is 1.86. The quantitative estimate of drug-likeness (QED) is 0.682. The van der Waals surface area contributed by atoms with Gasteiger partial charge in [0.2, 0.25) is 5.91 Å². The SMILES string of the molecule is Cc1ccc(N2N=C(C(=O)Nc3nc4ccc(F)cc4s3)CCC2=O)cc1Cl. The number of anilines is 2. The van der Waals surface area contributed by atoms with Gasteiger partial charge in [-0.05, 0) is 42.8 Å². The summed E-state index contributed by atoms with van der Waals surface area (Å²) in [7, 11) is 0. The molecule has 28 heavy (non-hydrogen) atoms. The van der Waals surface area contributed by atoms with E-state index in [0.29, 0.717) is 26.1 Å². The highest BCUT2D eigenvalue weighted by Crippen LogP contribution is 2.28. The normalized spacial score (nSPS) is 14.3. The van der Waals surface area contributed by atoms with Crippen molar-refractivity contribution in [3.05, 3.63) is 52.8 Å². The molecule has 6 nitrogen and oxygen atoms in total. The van der Waals surface area contributed by atoms with Crippen LogP contribution in [0.2, 0.25) is 5.02 Å². The van der Waals surface area contributed by atoms with Gasteiger partial charge >= 0.3 is 0 Å². The van der Waals surface area contributed by atoms with Gasteiger partial charge in [-0.1, -0.05) is 29.0 Å². The molecule has 0 saturated carbocycles. The fourth-order valence-corrected chi connectivity index (χ4v) is 3.81. The van der Waals surface area contributed by atoms with Crippen molar-refractivity contribution in [1.82, 2.24) is 4.98 Å². The molecule has 0 radical (unpaired) electrons. The Morgan fingerprint density at radius 1 is 1.25 bits per heavy atom. The van der Waals surface area contributed by atoms with Gasteiger partial charge in [0.25, 0.3) is 5.91 Å². The molecule has 0 bridgehead atoms. The van der Waals surface area contributed by atoms with E-state index in [4.69, 9.17) is 11.6 Å². The summed E-state index contributed by atoms with van der Waals surface area (Å²) in [5, 5.41) is 8.94. The van der Waals surface area contributed by atoms with Crippen LogP contribution in [0, 0.1) is 12.7 Å². The highest BCUT2D eigenvalue weighted by molar-refractivity contribution is 7.22. The molecule has 0 aliphatic carbocycles. The Morgan fingerprint density at radius 2 is 2.07 bits per heavy atom. The first kappa shape index (κ1) is 18.5. The predicted molar refractivity (Wildman–Crippen MR) is 109 cm³/mol. The molecular weight excluding hydrogens is 403 g/mol. The van der Waals surface area contributed by atoms with Crippen molar-refractivity contribution in [3.63, 3.8) is 0 Å². The largest absolute Gasteiger partial charge is 0.297 e. The molecule has 2 amide bonds. The smallest absolute Gasteiger partial charge is 0.273 e. The summed E-state index contributed by atoms with van der Waals surface area (Å²) in [6.07, 6.45) is 0.378. The molecule has 1 aliphatic heterocycles. The van der Waals surface area contributed by atoms with Crippen LogP contribution < -0.4 is 10.3 Å². The van der Waals surface area contributed by atoms with Crippen LogP contribution in [0.15, 0.2) is 41.5 Å². The number of carbonyl (C=O) groups is 2. The van der Waals surface area contributed by atoms with Gasteiger partial charge < -0.3 is 0 Å². The van der Waals surface area contributed by atoms with Crippen LogP contribution in [0.1, 0.15) is 18.4 Å². The summed E-state index contributed by atoms with van der Waals surface area (Å²) in [5.41, 5.74) is 2.19. The zero-order chi connectivity index (χ0) is 19.8. The molecular formula is C19H14ClFN4O2S. The van der Waals surface area contributed by atoms with Crippen LogP contribution >= 0.6 is 22.9 Å². The van der Waals surface area contributed by atoms with Crippen LogP contribution in [-0.2, 0) is 9.59 Å². The number of carbonyl (C=O) groups excluding carboxylic acids is 2. The number of rotatable bonds is 3. The lowest BCUT2D eigenvalue weighted by Gasteiger charge is -2.23. The van der Waals surface area contributed by atoms with Gasteiger partial charge in [-0.3, -0.25) is 14.9 Å². The summed E-state index contributed by atoms with van der Waals surface area (Å²) in [6, 6.07) is 9.38. The molecule has 0 saturated heterocycles. The zero-order valence-corrected chi connectivity index (χ0v) is 16.3. The number of fused-ring (bicyclic) bond motifs is 1. The van der Waals surface area contributed by atoms with E-state index >= 15 is 0 Å². The number of halogens is 2. The maximum Gasteiger partial charge on any atom is 0.273 e. The van der Waals surface area contributed by atoms with Crippen molar-refractivity contribution in [2.75, 3.05) is 10.3 Å². The third kappa shape index (κ3) is 3.61. The summed E-state index contributed by atoms with van der Waals surface area (Å²) in [5.74, 6) is -1.03. The highest BCUT2D eigenvalue weighted by Gasteiger charge is 2.26. The molecule has 1 aromatic heterocycles. The molecule has 1 N–H and O–H groups in total. The number of benzene rings is 2. The van der Waals surface area contributed by atoms with Gasteiger partial charge in [-0.2, -0.15) is 5.10 Å². The second-order valence-corrected chi connectivity index (χ2v) is 7.71. The molecule has 0 unspecified atom stereocenters. The Labute approximate surface area is 168 Å². The molecule has 4 rings (SSSR count). The van der Waals surface area contributed by atoms with E-state index in [1.165, 1.54) is 28.5 Å². The van der Waals surface area contributed by atoms with Crippen LogP contribution in [0.5, 0.6) is 0 Å². The van der Waals surface area contributed by atoms with Crippen molar-refractivity contribution in [2.45, 2.75) is 19.8 Å². The zero-order valence-electron chi connectivity index (χ0n) is 14.7. The number of aromatic nitrogens is 1. The maximum absolute atomic E-state index is 13.3. The lowest BCUT2D eigenvalue weighted by Crippen LogP contribution is -2.36. The van der Waals surface area contributed by atoms with Crippen molar-refractivity contribution in [2.24, 2.45) is 5.10 Å². The second kappa shape index (κ2) is 7.29. The number of amides is 2. The first-order chi connectivity index (χ1) is 13.4. The summed E-state index contributed by atoms with van der Waals surface area (Å²) in [4.78, 5) is 29.1.